The van der Waals surface area contributed by atoms with Gasteiger partial charge in [0.1, 0.15) is 5.58 Å². The van der Waals surface area contributed by atoms with Gasteiger partial charge in [0.2, 0.25) is 0 Å². The fourth-order valence-corrected chi connectivity index (χ4v) is 5.03. The van der Waals surface area contributed by atoms with E-state index in [0.29, 0.717) is 17.1 Å². The molecule has 1 heterocycles. The van der Waals surface area contributed by atoms with E-state index in [4.69, 9.17) is 13.9 Å². The van der Waals surface area contributed by atoms with E-state index in [2.05, 4.69) is 78.6 Å². The lowest BCUT2D eigenvalue weighted by molar-refractivity contribution is 0.0929. The minimum Gasteiger partial charge on any atom is -0.493 e. The fraction of sp³-hybridized carbons (Fsp3) is 0.238. The molecule has 3 aromatic rings. The smallest absolute Gasteiger partial charge is 0.307 e. The molecule has 0 unspecified atom stereocenters. The average Bonchev–Trinajstić information content (AvgIpc) is 3.14. The van der Waals surface area contributed by atoms with Crippen molar-refractivity contribution < 1.29 is 18.7 Å². The summed E-state index contributed by atoms with van der Waals surface area (Å²) in [7, 11) is 1.60. The van der Waals surface area contributed by atoms with Gasteiger partial charge in [-0.3, -0.25) is 4.79 Å². The lowest BCUT2D eigenvalue weighted by Crippen LogP contribution is -2.16. The molecule has 0 spiro atoms. The van der Waals surface area contributed by atoms with Crippen molar-refractivity contribution in [2.75, 3.05) is 7.11 Å². The SMILES string of the molecule is CC[C@@H](C)Oc1c(I)cc(/C=N\NC(=O)c2cc3cc(Br)cc(I)c3o2)cc1OC. The molecule has 3 rings (SSSR count). The van der Waals surface area contributed by atoms with E-state index in [1.165, 1.54) is 0 Å². The van der Waals surface area contributed by atoms with Gasteiger partial charge in [-0.15, -0.1) is 0 Å². The molecule has 0 radical (unpaired) electrons. The molecule has 0 fully saturated rings. The molecule has 1 amide bonds. The second-order valence-corrected chi connectivity index (χ2v) is 9.73. The van der Waals surface area contributed by atoms with Crippen molar-refractivity contribution in [2.45, 2.75) is 26.4 Å². The van der Waals surface area contributed by atoms with Crippen LogP contribution in [-0.2, 0) is 0 Å². The Kier molecular flexibility index (Phi) is 8.02. The first kappa shape index (κ1) is 23.3. The largest absolute Gasteiger partial charge is 0.493 e. The highest BCUT2D eigenvalue weighted by atomic mass is 127. The molecule has 6 nitrogen and oxygen atoms in total. The Bertz CT molecular complexity index is 1110. The zero-order valence-electron chi connectivity index (χ0n) is 16.5. The number of carbonyl (C=O) groups excluding carboxylic acids is 1. The summed E-state index contributed by atoms with van der Waals surface area (Å²) in [5, 5.41) is 4.90. The van der Waals surface area contributed by atoms with Crippen LogP contribution in [0.2, 0.25) is 0 Å². The lowest BCUT2D eigenvalue weighted by Gasteiger charge is -2.17. The van der Waals surface area contributed by atoms with Crippen LogP contribution in [0.5, 0.6) is 11.5 Å². The molecular weight excluding hydrogens is 678 g/mol. The molecule has 158 valence electrons. The number of rotatable bonds is 7. The second kappa shape index (κ2) is 10.3. The van der Waals surface area contributed by atoms with E-state index >= 15 is 0 Å². The van der Waals surface area contributed by atoms with Crippen molar-refractivity contribution in [3.8, 4) is 11.5 Å². The van der Waals surface area contributed by atoms with Gasteiger partial charge in [0, 0.05) is 9.86 Å². The predicted octanol–water partition coefficient (Wildman–Crippen LogP) is 6.35. The number of carbonyl (C=O) groups is 1. The molecule has 30 heavy (non-hydrogen) atoms. The first-order valence-electron chi connectivity index (χ1n) is 9.08. The van der Waals surface area contributed by atoms with Crippen LogP contribution in [0, 0.1) is 7.14 Å². The zero-order chi connectivity index (χ0) is 21.8. The number of benzene rings is 2. The lowest BCUT2D eigenvalue weighted by atomic mass is 10.2. The van der Waals surface area contributed by atoms with Crippen LogP contribution in [0.15, 0.2) is 44.3 Å². The maximum atomic E-state index is 12.4. The van der Waals surface area contributed by atoms with Crippen LogP contribution < -0.4 is 14.9 Å². The fourth-order valence-electron chi connectivity index (χ4n) is 2.62. The van der Waals surface area contributed by atoms with Gasteiger partial charge in [-0.05, 0) is 94.4 Å². The summed E-state index contributed by atoms with van der Waals surface area (Å²) in [6.07, 6.45) is 2.53. The van der Waals surface area contributed by atoms with Gasteiger partial charge in [0.05, 0.1) is 26.6 Å². The van der Waals surface area contributed by atoms with Gasteiger partial charge in [0.25, 0.3) is 0 Å². The quantitative estimate of drug-likeness (QED) is 0.178. The molecule has 0 saturated heterocycles. The number of hydrogen-bond donors (Lipinski definition) is 1. The van der Waals surface area contributed by atoms with Gasteiger partial charge < -0.3 is 13.9 Å². The monoisotopic (exact) mass is 696 g/mol. The van der Waals surface area contributed by atoms with Crippen molar-refractivity contribution in [2.24, 2.45) is 5.10 Å². The minimum atomic E-state index is -0.423. The highest BCUT2D eigenvalue weighted by molar-refractivity contribution is 14.1. The number of amides is 1. The van der Waals surface area contributed by atoms with Crippen LogP contribution >= 0.6 is 61.1 Å². The molecule has 1 N–H and O–H groups in total. The Morgan fingerprint density at radius 3 is 2.73 bits per heavy atom. The van der Waals surface area contributed by atoms with E-state index in [9.17, 15) is 4.79 Å². The van der Waals surface area contributed by atoms with Crippen molar-refractivity contribution in [1.29, 1.82) is 0 Å². The zero-order valence-corrected chi connectivity index (χ0v) is 22.4. The molecule has 0 aliphatic rings. The topological polar surface area (TPSA) is 73.1 Å². The number of hydrazone groups is 1. The number of halogens is 3. The van der Waals surface area contributed by atoms with Crippen LogP contribution in [0.1, 0.15) is 36.4 Å². The number of ether oxygens (including phenoxy) is 2. The standard InChI is InChI=1S/C21H19BrI2N2O4/c1-4-11(2)29-20-15(23)5-12(6-17(20)28-3)10-25-26-21(27)18-8-13-7-14(22)9-16(24)19(13)30-18/h5-11H,4H2,1-3H3,(H,26,27)/b25-10-/t11-/m1/s1. The van der Waals surface area contributed by atoms with Crippen molar-refractivity contribution >= 4 is 84.2 Å². The number of methoxy groups -OCH3 is 1. The van der Waals surface area contributed by atoms with E-state index in [1.807, 2.05) is 31.2 Å². The van der Waals surface area contributed by atoms with E-state index in [-0.39, 0.29) is 11.9 Å². The number of nitrogens with zero attached hydrogens (tertiary/aromatic N) is 1. The van der Waals surface area contributed by atoms with E-state index < -0.39 is 5.91 Å². The van der Waals surface area contributed by atoms with Crippen LogP contribution in [0.4, 0.5) is 0 Å². The average molecular weight is 697 g/mol. The number of hydrogen-bond acceptors (Lipinski definition) is 5. The first-order chi connectivity index (χ1) is 14.3. The molecule has 0 aliphatic heterocycles. The highest BCUT2D eigenvalue weighted by Crippen LogP contribution is 2.34. The predicted molar refractivity (Wildman–Crippen MR) is 138 cm³/mol. The summed E-state index contributed by atoms with van der Waals surface area (Å²) in [5.41, 5.74) is 3.95. The van der Waals surface area contributed by atoms with Crippen LogP contribution in [0.3, 0.4) is 0 Å². The molecule has 0 bridgehead atoms. The normalized spacial score (nSPS) is 12.3. The van der Waals surface area contributed by atoms with Gasteiger partial charge in [-0.1, -0.05) is 22.9 Å². The Morgan fingerprint density at radius 2 is 2.03 bits per heavy atom. The number of fused-ring (bicyclic) bond motifs is 1. The highest BCUT2D eigenvalue weighted by Gasteiger charge is 2.15. The van der Waals surface area contributed by atoms with Gasteiger partial charge in [-0.25, -0.2) is 5.43 Å². The molecule has 2 aromatic carbocycles. The van der Waals surface area contributed by atoms with Gasteiger partial charge >= 0.3 is 5.91 Å². The minimum absolute atomic E-state index is 0.0821. The van der Waals surface area contributed by atoms with Crippen molar-refractivity contribution in [3.63, 3.8) is 0 Å². The Balaban J connectivity index is 1.75. The van der Waals surface area contributed by atoms with Gasteiger partial charge in [-0.2, -0.15) is 5.10 Å². The summed E-state index contributed by atoms with van der Waals surface area (Å²) in [4.78, 5) is 12.4. The third kappa shape index (κ3) is 5.47. The summed E-state index contributed by atoms with van der Waals surface area (Å²) in [6, 6.07) is 9.25. The second-order valence-electron chi connectivity index (χ2n) is 6.49. The number of furan rings is 1. The van der Waals surface area contributed by atoms with Crippen LogP contribution in [-0.4, -0.2) is 25.3 Å². The Labute approximate surface area is 210 Å². The molecule has 0 aliphatic carbocycles. The maximum absolute atomic E-state index is 12.4. The molecule has 1 aromatic heterocycles. The summed E-state index contributed by atoms with van der Waals surface area (Å²) in [5.74, 6) is 1.10. The van der Waals surface area contributed by atoms with Crippen molar-refractivity contribution in [1.82, 2.24) is 5.43 Å². The molecule has 9 heteroatoms. The third-order valence-corrected chi connectivity index (χ3v) is 6.35. The Hall–Kier alpha value is -1.34. The maximum Gasteiger partial charge on any atom is 0.307 e. The third-order valence-electron chi connectivity index (χ3n) is 4.28. The van der Waals surface area contributed by atoms with Crippen LogP contribution in [0.25, 0.3) is 11.0 Å². The van der Waals surface area contributed by atoms with Gasteiger partial charge in [0.15, 0.2) is 17.3 Å². The molecular formula is C21H19BrI2N2O4. The summed E-state index contributed by atoms with van der Waals surface area (Å²) < 4.78 is 19.8. The van der Waals surface area contributed by atoms with E-state index in [0.717, 1.165) is 29.0 Å². The van der Waals surface area contributed by atoms with Crippen molar-refractivity contribution in [3.05, 3.63) is 53.3 Å². The molecule has 1 atom stereocenters. The molecule has 0 saturated carbocycles. The Morgan fingerprint density at radius 1 is 1.27 bits per heavy atom. The summed E-state index contributed by atoms with van der Waals surface area (Å²) >= 11 is 7.82. The van der Waals surface area contributed by atoms with E-state index in [1.54, 1.807) is 19.4 Å². The first-order valence-corrected chi connectivity index (χ1v) is 12.0. The number of nitrogens with one attached hydrogen (secondary N) is 1. The summed E-state index contributed by atoms with van der Waals surface area (Å²) in [6.45, 7) is 4.08.